The normalized spacial score (nSPS) is 17.0. The average Bonchev–Trinajstić information content (AvgIpc) is 3.65. The number of rotatable bonds is 4. The number of nitrogens with zero attached hydrogens (tertiary/aromatic N) is 5. The van der Waals surface area contributed by atoms with Crippen molar-refractivity contribution in [1.82, 2.24) is 35.7 Å². The Morgan fingerprint density at radius 3 is 2.24 bits per heavy atom. The molecule has 41 heavy (non-hydrogen) atoms. The summed E-state index contributed by atoms with van der Waals surface area (Å²) >= 11 is 3.32. The maximum absolute atomic E-state index is 10.6. The minimum absolute atomic E-state index is 0.0960. The topological polar surface area (TPSA) is 136 Å². The average molecular weight is 607 g/mol. The standard InChI is InChI=1S/C24H28N8S2.C2HF3O2/c1-23(2)8-14(9-24(3,4)31-23)32(5)22-29-21-20(34-22)28-19(33-21)16-7-6-15(13-10-25-26-11-13)17-12-27-30-18(16)17;3-2(4,5)1(6)7/h6-7,10-12,14,31H,8-9H2,1-5H3,(H,25,26)(H,27,30);(H,6,7). The highest BCUT2D eigenvalue weighted by atomic mass is 32.1. The second-order valence-electron chi connectivity index (χ2n) is 11.3. The number of anilines is 1. The van der Waals surface area contributed by atoms with Gasteiger partial charge in [0.1, 0.15) is 5.01 Å². The van der Waals surface area contributed by atoms with Crippen LogP contribution in [-0.4, -0.2) is 71.8 Å². The van der Waals surface area contributed by atoms with Gasteiger partial charge in [-0.15, -0.1) is 0 Å². The van der Waals surface area contributed by atoms with E-state index in [0.717, 1.165) is 60.2 Å². The Morgan fingerprint density at radius 2 is 1.66 bits per heavy atom. The summed E-state index contributed by atoms with van der Waals surface area (Å²) < 4.78 is 31.7. The molecule has 4 aromatic heterocycles. The molecule has 0 spiro atoms. The van der Waals surface area contributed by atoms with Gasteiger partial charge in [-0.1, -0.05) is 28.7 Å². The van der Waals surface area contributed by atoms with Gasteiger partial charge in [-0.2, -0.15) is 23.4 Å². The van der Waals surface area contributed by atoms with Crippen LogP contribution in [0.2, 0.25) is 0 Å². The number of hydrogen-bond donors (Lipinski definition) is 4. The van der Waals surface area contributed by atoms with Gasteiger partial charge in [0.25, 0.3) is 0 Å². The number of carboxylic acid groups (broad SMARTS) is 1. The smallest absolute Gasteiger partial charge is 0.475 e. The van der Waals surface area contributed by atoms with Crippen molar-refractivity contribution in [2.75, 3.05) is 11.9 Å². The fraction of sp³-hybridized carbons (Fsp3) is 0.423. The quantitative estimate of drug-likeness (QED) is 0.194. The number of alkyl halides is 3. The van der Waals surface area contributed by atoms with Crippen LogP contribution < -0.4 is 10.2 Å². The minimum atomic E-state index is -5.08. The Bertz CT molecular complexity index is 1640. The number of thiazole rings is 2. The molecule has 15 heteroatoms. The van der Waals surface area contributed by atoms with Crippen molar-refractivity contribution in [2.45, 2.75) is 63.8 Å². The molecular formula is C26H29F3N8O2S2. The van der Waals surface area contributed by atoms with E-state index in [9.17, 15) is 13.2 Å². The van der Waals surface area contributed by atoms with Crippen molar-refractivity contribution in [2.24, 2.45) is 0 Å². The molecule has 5 aromatic rings. The number of fused-ring (bicyclic) bond motifs is 2. The van der Waals surface area contributed by atoms with Crippen molar-refractivity contribution >= 4 is 54.3 Å². The molecule has 1 saturated heterocycles. The molecule has 1 fully saturated rings. The first-order valence-corrected chi connectivity index (χ1v) is 14.3. The zero-order valence-electron chi connectivity index (χ0n) is 22.9. The number of H-pyrrole nitrogens is 2. The van der Waals surface area contributed by atoms with Crippen LogP contribution >= 0.6 is 22.7 Å². The lowest BCUT2D eigenvalue weighted by atomic mass is 9.79. The summed E-state index contributed by atoms with van der Waals surface area (Å²) in [6, 6.07) is 4.66. The molecule has 5 heterocycles. The summed E-state index contributed by atoms with van der Waals surface area (Å²) in [5.41, 5.74) is 4.35. The van der Waals surface area contributed by atoms with Crippen molar-refractivity contribution in [3.05, 3.63) is 30.7 Å². The zero-order valence-corrected chi connectivity index (χ0v) is 24.6. The van der Waals surface area contributed by atoms with Crippen LogP contribution in [-0.2, 0) is 4.79 Å². The number of piperidine rings is 1. The molecule has 0 amide bonds. The van der Waals surface area contributed by atoms with Crippen LogP contribution in [0.5, 0.6) is 0 Å². The number of carbonyl (C=O) groups is 1. The molecule has 0 radical (unpaired) electrons. The Hall–Kier alpha value is -3.56. The van der Waals surface area contributed by atoms with Gasteiger partial charge in [0.15, 0.2) is 14.8 Å². The van der Waals surface area contributed by atoms with Gasteiger partial charge >= 0.3 is 12.1 Å². The predicted octanol–water partition coefficient (Wildman–Crippen LogP) is 6.06. The first-order valence-electron chi connectivity index (χ1n) is 12.7. The molecule has 218 valence electrons. The molecule has 1 aliphatic rings. The molecular weight excluding hydrogens is 577 g/mol. The molecule has 0 saturated carbocycles. The van der Waals surface area contributed by atoms with Gasteiger partial charge in [0.2, 0.25) is 0 Å². The number of hydrogen-bond acceptors (Lipinski definition) is 9. The molecule has 0 unspecified atom stereocenters. The fourth-order valence-corrected chi connectivity index (χ4v) is 7.56. The Balaban J connectivity index is 0.000000431. The largest absolute Gasteiger partial charge is 0.490 e. The van der Waals surface area contributed by atoms with Crippen LogP contribution in [0.3, 0.4) is 0 Å². The molecule has 6 rings (SSSR count). The van der Waals surface area contributed by atoms with E-state index in [1.54, 1.807) is 22.7 Å². The van der Waals surface area contributed by atoms with E-state index in [4.69, 9.17) is 19.9 Å². The number of aromatic nitrogens is 6. The monoisotopic (exact) mass is 606 g/mol. The summed E-state index contributed by atoms with van der Waals surface area (Å²) in [6.07, 6.45) is 2.67. The number of nitrogens with one attached hydrogen (secondary N) is 3. The van der Waals surface area contributed by atoms with E-state index < -0.39 is 12.1 Å². The summed E-state index contributed by atoms with van der Waals surface area (Å²) in [4.78, 5) is 23.2. The first kappa shape index (κ1) is 29.0. The van der Waals surface area contributed by atoms with E-state index in [2.05, 4.69) is 77.5 Å². The Kier molecular flexibility index (Phi) is 7.32. The second-order valence-corrected chi connectivity index (χ2v) is 13.2. The van der Waals surface area contributed by atoms with Gasteiger partial charge in [0.05, 0.1) is 17.9 Å². The van der Waals surface area contributed by atoms with Crippen molar-refractivity contribution < 1.29 is 23.1 Å². The van der Waals surface area contributed by atoms with Crippen molar-refractivity contribution in [3.8, 4) is 21.7 Å². The fourth-order valence-electron chi connectivity index (χ4n) is 5.46. The number of halogens is 3. The number of aliphatic carboxylic acids is 1. The maximum Gasteiger partial charge on any atom is 0.490 e. The third kappa shape index (κ3) is 6.06. The van der Waals surface area contributed by atoms with E-state index >= 15 is 0 Å². The highest BCUT2D eigenvalue weighted by Crippen LogP contribution is 2.41. The summed E-state index contributed by atoms with van der Waals surface area (Å²) in [5.74, 6) is -2.76. The minimum Gasteiger partial charge on any atom is -0.475 e. The highest BCUT2D eigenvalue weighted by Gasteiger charge is 2.40. The van der Waals surface area contributed by atoms with Gasteiger partial charge in [-0.3, -0.25) is 10.2 Å². The molecule has 1 aliphatic heterocycles. The van der Waals surface area contributed by atoms with E-state index in [-0.39, 0.29) is 11.1 Å². The lowest BCUT2D eigenvalue weighted by molar-refractivity contribution is -0.192. The molecule has 1 aromatic carbocycles. The third-order valence-corrected chi connectivity index (χ3v) is 9.03. The van der Waals surface area contributed by atoms with Crippen LogP contribution in [0.25, 0.3) is 42.3 Å². The third-order valence-electron chi connectivity index (χ3n) is 6.88. The van der Waals surface area contributed by atoms with Gasteiger partial charge < -0.3 is 15.3 Å². The van der Waals surface area contributed by atoms with Crippen molar-refractivity contribution in [1.29, 1.82) is 0 Å². The van der Waals surface area contributed by atoms with Gasteiger partial charge in [0, 0.05) is 46.9 Å². The van der Waals surface area contributed by atoms with Gasteiger partial charge in [-0.05, 0) is 52.2 Å². The van der Waals surface area contributed by atoms with Crippen LogP contribution in [0, 0.1) is 0 Å². The lowest BCUT2D eigenvalue weighted by Crippen LogP contribution is -2.61. The number of aromatic amines is 2. The Morgan fingerprint density at radius 1 is 1.02 bits per heavy atom. The summed E-state index contributed by atoms with van der Waals surface area (Å²) in [5, 5.41) is 28.4. The SMILES string of the molecule is CN(c1nc2sc(-c3ccc(-c4cn[nH]c4)c4cn[nH]c34)nc2s1)C1CC(C)(C)NC(C)(C)C1.O=C(O)C(F)(F)F. The molecule has 0 bridgehead atoms. The molecule has 0 aliphatic carbocycles. The highest BCUT2D eigenvalue weighted by molar-refractivity contribution is 7.29. The number of benzene rings is 1. The second kappa shape index (κ2) is 10.4. The zero-order chi connectivity index (χ0) is 29.7. The first-order chi connectivity index (χ1) is 19.1. The van der Waals surface area contributed by atoms with Crippen LogP contribution in [0.1, 0.15) is 40.5 Å². The van der Waals surface area contributed by atoms with E-state index in [1.165, 1.54) is 0 Å². The summed E-state index contributed by atoms with van der Waals surface area (Å²) in [6.45, 7) is 9.15. The lowest BCUT2D eigenvalue weighted by Gasteiger charge is -2.48. The molecule has 10 nitrogen and oxygen atoms in total. The van der Waals surface area contributed by atoms with E-state index in [1.807, 2.05) is 18.6 Å². The van der Waals surface area contributed by atoms with Crippen molar-refractivity contribution in [3.63, 3.8) is 0 Å². The molecule has 4 N–H and O–H groups in total. The Labute approximate surface area is 241 Å². The van der Waals surface area contributed by atoms with E-state index in [0.29, 0.717) is 6.04 Å². The van der Waals surface area contributed by atoms with Crippen LogP contribution in [0.4, 0.5) is 18.3 Å². The number of carboxylic acids is 1. The molecule has 0 atom stereocenters. The maximum atomic E-state index is 10.6. The summed E-state index contributed by atoms with van der Waals surface area (Å²) in [7, 11) is 2.17. The van der Waals surface area contributed by atoms with Gasteiger partial charge in [-0.25, -0.2) is 14.8 Å². The van der Waals surface area contributed by atoms with Crippen LogP contribution in [0.15, 0.2) is 30.7 Å². The predicted molar refractivity (Wildman–Crippen MR) is 154 cm³/mol.